The van der Waals surface area contributed by atoms with E-state index in [1.54, 1.807) is 6.33 Å². The second-order valence-corrected chi connectivity index (χ2v) is 7.12. The summed E-state index contributed by atoms with van der Waals surface area (Å²) in [5.41, 5.74) is 0.943. The van der Waals surface area contributed by atoms with Crippen molar-refractivity contribution in [2.24, 2.45) is 0 Å². The highest BCUT2D eigenvalue weighted by atomic mass is 32.2. The first kappa shape index (κ1) is 14.2. The third-order valence-electron chi connectivity index (χ3n) is 3.20. The van der Waals surface area contributed by atoms with Crippen LogP contribution in [0.25, 0.3) is 0 Å². The van der Waals surface area contributed by atoms with Crippen molar-refractivity contribution in [3.63, 3.8) is 0 Å². The molecule has 19 heavy (non-hydrogen) atoms. The fourth-order valence-corrected chi connectivity index (χ4v) is 3.32. The summed E-state index contributed by atoms with van der Waals surface area (Å²) in [6.07, 6.45) is 2.52. The molecule has 2 heterocycles. The van der Waals surface area contributed by atoms with Gasteiger partial charge >= 0.3 is 0 Å². The maximum Gasteiger partial charge on any atom is 0.152 e. The summed E-state index contributed by atoms with van der Waals surface area (Å²) in [5, 5.41) is 3.25. The molecular weight excluding hydrogens is 264 g/mol. The number of nitrogens with one attached hydrogen (secondary N) is 1. The molecule has 2 rings (SSSR count). The summed E-state index contributed by atoms with van der Waals surface area (Å²) in [6.45, 7) is 5.01. The van der Waals surface area contributed by atoms with Gasteiger partial charge in [-0.1, -0.05) is 0 Å². The molecule has 1 fully saturated rings. The van der Waals surface area contributed by atoms with Crippen LogP contribution in [0.15, 0.2) is 12.4 Å². The van der Waals surface area contributed by atoms with Gasteiger partial charge in [0.1, 0.15) is 12.1 Å². The van der Waals surface area contributed by atoms with Gasteiger partial charge in [0.05, 0.1) is 11.5 Å². The van der Waals surface area contributed by atoms with E-state index < -0.39 is 9.84 Å². The summed E-state index contributed by atoms with van der Waals surface area (Å²) in [6, 6.07) is 1.91. The van der Waals surface area contributed by atoms with Gasteiger partial charge in [-0.3, -0.25) is 0 Å². The highest BCUT2D eigenvalue weighted by Crippen LogP contribution is 2.05. The second-order valence-electron chi connectivity index (χ2n) is 4.82. The molecule has 106 valence electrons. The van der Waals surface area contributed by atoms with Crippen molar-refractivity contribution in [2.75, 3.05) is 43.0 Å². The summed E-state index contributed by atoms with van der Waals surface area (Å²) in [4.78, 5) is 10.4. The predicted octanol–water partition coefficient (Wildman–Crippen LogP) is 0.317. The highest BCUT2D eigenvalue weighted by molar-refractivity contribution is 7.91. The number of anilines is 1. The van der Waals surface area contributed by atoms with Crippen molar-refractivity contribution >= 4 is 15.7 Å². The molecular formula is C12H20N4O2S. The largest absolute Gasteiger partial charge is 0.370 e. The van der Waals surface area contributed by atoms with Crippen LogP contribution in [0, 0.1) is 6.92 Å². The zero-order chi connectivity index (χ0) is 13.7. The molecule has 0 radical (unpaired) electrons. The Hall–Kier alpha value is -1.21. The average Bonchev–Trinajstić information content (AvgIpc) is 2.36. The highest BCUT2D eigenvalue weighted by Gasteiger charge is 2.20. The minimum atomic E-state index is -2.77. The molecule has 0 bridgehead atoms. The fraction of sp³-hybridized carbons (Fsp3) is 0.667. The van der Waals surface area contributed by atoms with Gasteiger partial charge in [0.15, 0.2) is 9.84 Å². The Balaban J connectivity index is 1.65. The molecule has 1 aliphatic rings. The van der Waals surface area contributed by atoms with Gasteiger partial charge in [0.25, 0.3) is 0 Å². The van der Waals surface area contributed by atoms with Crippen LogP contribution in [0.4, 0.5) is 5.82 Å². The van der Waals surface area contributed by atoms with Crippen LogP contribution in [-0.2, 0) is 9.84 Å². The quantitative estimate of drug-likeness (QED) is 0.785. The van der Waals surface area contributed by atoms with E-state index in [4.69, 9.17) is 0 Å². The molecule has 1 aliphatic heterocycles. The number of aryl methyl sites for hydroxylation is 1. The lowest BCUT2D eigenvalue weighted by atomic mass is 10.3. The van der Waals surface area contributed by atoms with E-state index >= 15 is 0 Å². The Morgan fingerprint density at radius 2 is 2.05 bits per heavy atom. The molecule has 7 heteroatoms. The normalized spacial score (nSPS) is 19.2. The SMILES string of the molecule is Cc1cc(NCCCN2CCS(=O)(=O)CC2)ncn1. The first-order valence-electron chi connectivity index (χ1n) is 6.50. The summed E-state index contributed by atoms with van der Waals surface area (Å²) >= 11 is 0. The van der Waals surface area contributed by atoms with Gasteiger partial charge in [-0.05, 0) is 19.9 Å². The smallest absolute Gasteiger partial charge is 0.152 e. The molecule has 0 atom stereocenters. The molecule has 0 amide bonds. The predicted molar refractivity (Wildman–Crippen MR) is 75.0 cm³/mol. The minimum absolute atomic E-state index is 0.297. The minimum Gasteiger partial charge on any atom is -0.370 e. The van der Waals surface area contributed by atoms with Crippen molar-refractivity contribution in [2.45, 2.75) is 13.3 Å². The third kappa shape index (κ3) is 4.76. The van der Waals surface area contributed by atoms with Crippen LogP contribution in [0.1, 0.15) is 12.1 Å². The van der Waals surface area contributed by atoms with E-state index in [-0.39, 0.29) is 0 Å². The number of hydrogen-bond acceptors (Lipinski definition) is 6. The van der Waals surface area contributed by atoms with Crippen molar-refractivity contribution in [3.8, 4) is 0 Å². The molecule has 1 aromatic rings. The molecule has 1 aromatic heterocycles. The molecule has 0 unspecified atom stereocenters. The Labute approximate surface area is 114 Å². The number of aromatic nitrogens is 2. The topological polar surface area (TPSA) is 75.2 Å². The first-order chi connectivity index (χ1) is 9.05. The summed E-state index contributed by atoms with van der Waals surface area (Å²) in [7, 11) is -2.77. The van der Waals surface area contributed by atoms with E-state index in [9.17, 15) is 8.42 Å². The van der Waals surface area contributed by atoms with Gasteiger partial charge in [0.2, 0.25) is 0 Å². The Bertz CT molecular complexity index is 504. The van der Waals surface area contributed by atoms with Crippen LogP contribution >= 0.6 is 0 Å². The van der Waals surface area contributed by atoms with Crippen LogP contribution < -0.4 is 5.32 Å². The van der Waals surface area contributed by atoms with Gasteiger partial charge in [-0.25, -0.2) is 18.4 Å². The lowest BCUT2D eigenvalue weighted by Gasteiger charge is -2.26. The Kier molecular flexibility index (Phi) is 4.71. The maximum absolute atomic E-state index is 11.3. The maximum atomic E-state index is 11.3. The molecule has 6 nitrogen and oxygen atoms in total. The van der Waals surface area contributed by atoms with E-state index in [1.165, 1.54) is 0 Å². The van der Waals surface area contributed by atoms with E-state index in [1.807, 2.05) is 13.0 Å². The Morgan fingerprint density at radius 3 is 2.74 bits per heavy atom. The van der Waals surface area contributed by atoms with Crippen molar-refractivity contribution in [1.82, 2.24) is 14.9 Å². The van der Waals surface area contributed by atoms with E-state index in [0.717, 1.165) is 31.0 Å². The Morgan fingerprint density at radius 1 is 1.32 bits per heavy atom. The number of sulfone groups is 1. The number of rotatable bonds is 5. The number of hydrogen-bond donors (Lipinski definition) is 1. The van der Waals surface area contributed by atoms with Crippen molar-refractivity contribution in [1.29, 1.82) is 0 Å². The van der Waals surface area contributed by atoms with Crippen molar-refractivity contribution < 1.29 is 8.42 Å². The van der Waals surface area contributed by atoms with Crippen LogP contribution in [0.3, 0.4) is 0 Å². The molecule has 0 spiro atoms. The standard InChI is InChI=1S/C12H20N4O2S/c1-11-9-12(15-10-14-11)13-3-2-4-16-5-7-19(17,18)8-6-16/h9-10H,2-8H2,1H3,(H,13,14,15). The van der Waals surface area contributed by atoms with Crippen molar-refractivity contribution in [3.05, 3.63) is 18.1 Å². The number of nitrogens with zero attached hydrogens (tertiary/aromatic N) is 3. The molecule has 1 saturated heterocycles. The van der Waals surface area contributed by atoms with Gasteiger partial charge in [0, 0.05) is 31.4 Å². The van der Waals surface area contributed by atoms with Crippen LogP contribution in [-0.4, -0.2) is 61.0 Å². The lowest BCUT2D eigenvalue weighted by Crippen LogP contribution is -2.41. The third-order valence-corrected chi connectivity index (χ3v) is 4.81. The molecule has 0 saturated carbocycles. The van der Waals surface area contributed by atoms with E-state index in [2.05, 4.69) is 20.2 Å². The summed E-state index contributed by atoms with van der Waals surface area (Å²) < 4.78 is 22.6. The lowest BCUT2D eigenvalue weighted by molar-refractivity contribution is 0.294. The van der Waals surface area contributed by atoms with E-state index in [0.29, 0.717) is 24.6 Å². The molecule has 0 aromatic carbocycles. The molecule has 1 N–H and O–H groups in total. The van der Waals surface area contributed by atoms with Crippen LogP contribution in [0.5, 0.6) is 0 Å². The van der Waals surface area contributed by atoms with Crippen LogP contribution in [0.2, 0.25) is 0 Å². The zero-order valence-corrected chi connectivity index (χ0v) is 12.0. The fourth-order valence-electron chi connectivity index (χ4n) is 2.04. The summed E-state index contributed by atoms with van der Waals surface area (Å²) in [5.74, 6) is 1.44. The second kappa shape index (κ2) is 6.29. The first-order valence-corrected chi connectivity index (χ1v) is 8.33. The van der Waals surface area contributed by atoms with Gasteiger partial charge in [-0.15, -0.1) is 0 Å². The monoisotopic (exact) mass is 284 g/mol. The zero-order valence-electron chi connectivity index (χ0n) is 11.2. The molecule has 0 aliphatic carbocycles. The van der Waals surface area contributed by atoms with Gasteiger partial charge < -0.3 is 10.2 Å². The average molecular weight is 284 g/mol. The van der Waals surface area contributed by atoms with Gasteiger partial charge in [-0.2, -0.15) is 0 Å².